The maximum absolute atomic E-state index is 13.7. The van der Waals surface area contributed by atoms with Crippen LogP contribution >= 0.6 is 12.4 Å². The number of nitrogens with one attached hydrogen (secondary N) is 3. The van der Waals surface area contributed by atoms with E-state index < -0.39 is 59.5 Å². The zero-order valence-electron chi connectivity index (χ0n) is 25.2. The fourth-order valence-corrected chi connectivity index (χ4v) is 8.97. The first kappa shape index (κ1) is 33.5. The maximum Gasteiger partial charge on any atom is 0.230 e. The Morgan fingerprint density at radius 1 is 0.591 bits per heavy atom. The van der Waals surface area contributed by atoms with E-state index in [0.717, 1.165) is 26.2 Å². The summed E-state index contributed by atoms with van der Waals surface area (Å²) in [7, 11) is 0. The molecule has 0 spiro atoms. The number of hydrogen-bond donors (Lipinski definition) is 5. The Morgan fingerprint density at radius 2 is 0.977 bits per heavy atom. The number of imide groups is 1. The van der Waals surface area contributed by atoms with Gasteiger partial charge in [-0.3, -0.25) is 34.3 Å². The Bertz CT molecular complexity index is 976. The lowest BCUT2D eigenvalue weighted by atomic mass is 9.75. The van der Waals surface area contributed by atoms with E-state index in [4.69, 9.17) is 9.47 Å². The first-order chi connectivity index (χ1) is 20.8. The second-order valence-corrected chi connectivity index (χ2v) is 13.4. The molecular weight excluding hydrogens is 594 g/mol. The third-order valence-corrected chi connectivity index (χ3v) is 11.1. The van der Waals surface area contributed by atoms with Crippen molar-refractivity contribution in [3.05, 3.63) is 0 Å². The zero-order valence-corrected chi connectivity index (χ0v) is 26.1. The van der Waals surface area contributed by atoms with E-state index in [0.29, 0.717) is 78.3 Å². The lowest BCUT2D eigenvalue weighted by Gasteiger charge is -2.34. The number of aliphatic hydroxyl groups is 2. The molecule has 4 aliphatic carbocycles. The maximum atomic E-state index is 13.7. The Balaban J connectivity index is 0.00000384. The minimum Gasteiger partial charge on any atom is -0.393 e. The van der Waals surface area contributed by atoms with E-state index in [-0.39, 0.29) is 36.1 Å². The number of morpholine rings is 2. The highest BCUT2D eigenvalue weighted by molar-refractivity contribution is 6.01. The molecule has 14 heteroatoms. The summed E-state index contributed by atoms with van der Waals surface area (Å²) in [5.74, 6) is -5.44. The Morgan fingerprint density at radius 3 is 1.36 bits per heavy atom. The number of carbonyl (C=O) groups is 4. The van der Waals surface area contributed by atoms with Crippen LogP contribution in [0.1, 0.15) is 25.7 Å². The molecular formula is C30H48ClN5O8. The third-order valence-electron chi connectivity index (χ3n) is 11.1. The summed E-state index contributed by atoms with van der Waals surface area (Å²) >= 11 is 0. The van der Waals surface area contributed by atoms with Gasteiger partial charge in [-0.2, -0.15) is 0 Å². The molecule has 4 bridgehead atoms. The van der Waals surface area contributed by atoms with Gasteiger partial charge in [-0.25, -0.2) is 0 Å². The van der Waals surface area contributed by atoms with Crippen LogP contribution in [-0.4, -0.2) is 135 Å². The molecule has 0 aromatic rings. The van der Waals surface area contributed by atoms with E-state index in [1.807, 2.05) is 0 Å². The molecule has 248 valence electrons. The van der Waals surface area contributed by atoms with Crippen LogP contribution in [0.2, 0.25) is 0 Å². The second-order valence-electron chi connectivity index (χ2n) is 13.4. The van der Waals surface area contributed by atoms with Crippen LogP contribution in [0.5, 0.6) is 0 Å². The van der Waals surface area contributed by atoms with Crippen molar-refractivity contribution in [2.24, 2.45) is 47.3 Å². The standard InChI is InChI=1S/C30H47N5O8.ClH/c36-21-15-17-13-19(21)25(23(17)27(38)31-1-3-34-5-9-42-10-6-34)29(40)33-30(41)26-20-14-18(16-22(20)37)24(26)28(39)32-2-4-35-7-11-43-12-8-35;/h17-26,36-37H,1-16H2,(H,31,38)(H,32,39)(H,33,40,41);1H. The molecule has 2 saturated heterocycles. The summed E-state index contributed by atoms with van der Waals surface area (Å²) in [6.07, 6.45) is 0.682. The average Bonchev–Trinajstić information content (AvgIpc) is 3.76. The molecule has 6 rings (SSSR count). The van der Waals surface area contributed by atoms with E-state index in [1.165, 1.54) is 0 Å². The molecule has 6 aliphatic rings. The fraction of sp³-hybridized carbons (Fsp3) is 0.867. The summed E-state index contributed by atoms with van der Waals surface area (Å²) in [6.45, 7) is 8.23. The van der Waals surface area contributed by atoms with Crippen molar-refractivity contribution in [3.8, 4) is 0 Å². The van der Waals surface area contributed by atoms with Gasteiger partial charge >= 0.3 is 0 Å². The molecule has 0 radical (unpaired) electrons. The quantitative estimate of drug-likeness (QED) is 0.172. The van der Waals surface area contributed by atoms with Crippen molar-refractivity contribution in [2.45, 2.75) is 37.9 Å². The van der Waals surface area contributed by atoms with Gasteiger partial charge in [0.15, 0.2) is 0 Å². The van der Waals surface area contributed by atoms with E-state index in [9.17, 15) is 29.4 Å². The van der Waals surface area contributed by atoms with Crippen molar-refractivity contribution in [2.75, 3.05) is 78.8 Å². The van der Waals surface area contributed by atoms with Gasteiger partial charge in [0, 0.05) is 52.4 Å². The topological polar surface area (TPSA) is 170 Å². The van der Waals surface area contributed by atoms with Crippen LogP contribution in [0.4, 0.5) is 0 Å². The lowest BCUT2D eigenvalue weighted by molar-refractivity contribution is -0.147. The second kappa shape index (κ2) is 14.7. The van der Waals surface area contributed by atoms with Gasteiger partial charge in [0.05, 0.1) is 62.3 Å². The summed E-state index contributed by atoms with van der Waals surface area (Å²) in [5.41, 5.74) is 0. The minimum atomic E-state index is -0.814. The summed E-state index contributed by atoms with van der Waals surface area (Å²) in [4.78, 5) is 58.5. The van der Waals surface area contributed by atoms with E-state index >= 15 is 0 Å². The van der Waals surface area contributed by atoms with Crippen LogP contribution in [0.15, 0.2) is 0 Å². The highest BCUT2D eigenvalue weighted by Gasteiger charge is 2.60. The number of aliphatic hydroxyl groups excluding tert-OH is 2. The van der Waals surface area contributed by atoms with Gasteiger partial charge in [0.25, 0.3) is 0 Å². The number of amides is 4. The van der Waals surface area contributed by atoms with Gasteiger partial charge in [-0.05, 0) is 49.4 Å². The van der Waals surface area contributed by atoms with E-state index in [1.54, 1.807) is 0 Å². The van der Waals surface area contributed by atoms with Crippen molar-refractivity contribution >= 4 is 36.0 Å². The van der Waals surface area contributed by atoms with Crippen LogP contribution < -0.4 is 16.0 Å². The number of halogens is 1. The van der Waals surface area contributed by atoms with Crippen molar-refractivity contribution < 1.29 is 38.9 Å². The SMILES string of the molecule is Cl.O=C(NCCN1CCOCC1)C1C2CC(O)C(C2)C1C(=O)NC(=O)C1C2CC(CC2O)C1C(=O)NCCN1CCOCC1. The van der Waals surface area contributed by atoms with E-state index in [2.05, 4.69) is 25.8 Å². The molecule has 0 aromatic heterocycles. The number of nitrogens with zero attached hydrogens (tertiary/aromatic N) is 2. The molecule has 6 fully saturated rings. The molecule has 4 saturated carbocycles. The Labute approximate surface area is 264 Å². The fourth-order valence-electron chi connectivity index (χ4n) is 8.97. The largest absolute Gasteiger partial charge is 0.393 e. The number of ether oxygens (including phenoxy) is 2. The van der Waals surface area contributed by atoms with Gasteiger partial charge in [-0.15, -0.1) is 12.4 Å². The minimum absolute atomic E-state index is 0. The molecule has 2 aliphatic heterocycles. The molecule has 10 atom stereocenters. The predicted octanol–water partition coefficient (Wildman–Crippen LogP) is -1.79. The summed E-state index contributed by atoms with van der Waals surface area (Å²) < 4.78 is 10.8. The number of fused-ring (bicyclic) bond motifs is 4. The zero-order chi connectivity index (χ0) is 30.1. The summed E-state index contributed by atoms with van der Waals surface area (Å²) in [5, 5.41) is 29.8. The molecule has 44 heavy (non-hydrogen) atoms. The molecule has 13 nitrogen and oxygen atoms in total. The molecule has 4 amide bonds. The van der Waals surface area contributed by atoms with Gasteiger partial charge in [-0.1, -0.05) is 0 Å². The van der Waals surface area contributed by atoms with Gasteiger partial charge in [0.1, 0.15) is 0 Å². The van der Waals surface area contributed by atoms with Crippen LogP contribution in [0.3, 0.4) is 0 Å². The summed E-state index contributed by atoms with van der Waals surface area (Å²) in [6, 6.07) is 0. The van der Waals surface area contributed by atoms with Gasteiger partial charge in [0.2, 0.25) is 23.6 Å². The van der Waals surface area contributed by atoms with Crippen LogP contribution in [-0.2, 0) is 28.7 Å². The highest BCUT2D eigenvalue weighted by atomic mass is 35.5. The number of rotatable bonds is 10. The average molecular weight is 642 g/mol. The van der Waals surface area contributed by atoms with Crippen LogP contribution in [0.25, 0.3) is 0 Å². The van der Waals surface area contributed by atoms with Gasteiger partial charge < -0.3 is 30.3 Å². The third kappa shape index (κ3) is 6.93. The number of hydrogen-bond acceptors (Lipinski definition) is 10. The van der Waals surface area contributed by atoms with Crippen molar-refractivity contribution in [3.63, 3.8) is 0 Å². The molecule has 10 unspecified atom stereocenters. The highest BCUT2D eigenvalue weighted by Crippen LogP contribution is 2.54. The first-order valence-electron chi connectivity index (χ1n) is 16.2. The molecule has 0 aromatic carbocycles. The van der Waals surface area contributed by atoms with Crippen LogP contribution in [0, 0.1) is 47.3 Å². The Kier molecular flexibility index (Phi) is 11.2. The van der Waals surface area contributed by atoms with Crippen molar-refractivity contribution in [1.82, 2.24) is 25.8 Å². The monoisotopic (exact) mass is 641 g/mol. The normalized spacial score (nSPS) is 38.2. The molecule has 2 heterocycles. The molecule has 5 N–H and O–H groups in total. The Hall–Kier alpha value is -1.87. The first-order valence-corrected chi connectivity index (χ1v) is 16.2. The van der Waals surface area contributed by atoms with Crippen molar-refractivity contribution in [1.29, 1.82) is 0 Å². The smallest absolute Gasteiger partial charge is 0.230 e. The number of carbonyl (C=O) groups excluding carboxylic acids is 4. The lowest BCUT2D eigenvalue weighted by Crippen LogP contribution is -2.53. The predicted molar refractivity (Wildman–Crippen MR) is 159 cm³/mol.